The first-order chi connectivity index (χ1) is 17.3. The summed E-state index contributed by atoms with van der Waals surface area (Å²) >= 11 is 11.1. The van der Waals surface area contributed by atoms with Gasteiger partial charge in [0.15, 0.2) is 11.7 Å². The third kappa shape index (κ3) is 5.88. The molecular weight excluding hydrogens is 502 g/mol. The lowest BCUT2D eigenvalue weighted by molar-refractivity contribution is -0.122. The topological polar surface area (TPSA) is 97.0 Å². The van der Waals surface area contributed by atoms with Crippen molar-refractivity contribution in [1.29, 1.82) is 0 Å². The summed E-state index contributed by atoms with van der Waals surface area (Å²) in [6.07, 6.45) is 1.46. The molecule has 10 heteroatoms. The van der Waals surface area contributed by atoms with Gasteiger partial charge in [0.25, 0.3) is 17.7 Å². The number of hydrogen-bond donors (Lipinski definition) is 2. The van der Waals surface area contributed by atoms with Crippen molar-refractivity contribution < 1.29 is 23.9 Å². The van der Waals surface area contributed by atoms with Crippen molar-refractivity contribution in [2.75, 3.05) is 23.9 Å². The fourth-order valence-electron chi connectivity index (χ4n) is 3.36. The average Bonchev–Trinajstić information content (AvgIpc) is 2.86. The predicted octanol–water partition coefficient (Wildman–Crippen LogP) is 4.20. The van der Waals surface area contributed by atoms with Crippen molar-refractivity contribution in [3.8, 4) is 11.5 Å². The Kier molecular flexibility index (Phi) is 7.62. The number of thiocarbonyl (C=S) groups is 1. The van der Waals surface area contributed by atoms with Gasteiger partial charge in [-0.05, 0) is 78.5 Å². The van der Waals surface area contributed by atoms with Gasteiger partial charge in [0.05, 0.1) is 12.8 Å². The van der Waals surface area contributed by atoms with Gasteiger partial charge in [-0.2, -0.15) is 0 Å². The average molecular weight is 522 g/mol. The zero-order valence-electron chi connectivity index (χ0n) is 19.0. The molecule has 0 atom stereocenters. The Balaban J connectivity index is 1.43. The number of amides is 3. The Morgan fingerprint density at radius 2 is 1.75 bits per heavy atom. The van der Waals surface area contributed by atoms with E-state index >= 15 is 0 Å². The summed E-state index contributed by atoms with van der Waals surface area (Å²) in [7, 11) is 1.54. The van der Waals surface area contributed by atoms with Crippen molar-refractivity contribution >= 4 is 64.1 Å². The van der Waals surface area contributed by atoms with Gasteiger partial charge in [-0.25, -0.2) is 0 Å². The summed E-state index contributed by atoms with van der Waals surface area (Å²) in [6, 6.07) is 20.1. The zero-order chi connectivity index (χ0) is 25.7. The maximum Gasteiger partial charge on any atom is 0.270 e. The number of anilines is 2. The van der Waals surface area contributed by atoms with Crippen LogP contribution in [-0.4, -0.2) is 36.6 Å². The highest BCUT2D eigenvalue weighted by molar-refractivity contribution is 7.80. The summed E-state index contributed by atoms with van der Waals surface area (Å²) in [4.78, 5) is 39.0. The fraction of sp³-hybridized carbons (Fsp3) is 0.0769. The molecule has 0 aliphatic carbocycles. The molecule has 0 saturated carbocycles. The summed E-state index contributed by atoms with van der Waals surface area (Å²) < 4.78 is 10.7. The SMILES string of the molecule is COc1ccc(N2C(=O)/C(=C\c3ccc(OCC(=O)Nc4cccc(Cl)c4)cc3)C(=O)NC2=S)cc1. The highest BCUT2D eigenvalue weighted by Crippen LogP contribution is 2.25. The molecule has 2 N–H and O–H groups in total. The van der Waals surface area contributed by atoms with E-state index in [-0.39, 0.29) is 23.2 Å². The molecule has 1 aliphatic heterocycles. The van der Waals surface area contributed by atoms with Crippen molar-refractivity contribution in [1.82, 2.24) is 5.32 Å². The molecule has 3 aromatic rings. The molecule has 3 amide bonds. The number of ether oxygens (including phenoxy) is 2. The molecule has 1 saturated heterocycles. The van der Waals surface area contributed by atoms with E-state index in [1.165, 1.54) is 11.0 Å². The molecule has 8 nitrogen and oxygen atoms in total. The van der Waals surface area contributed by atoms with Crippen molar-refractivity contribution in [2.24, 2.45) is 0 Å². The highest BCUT2D eigenvalue weighted by Gasteiger charge is 2.34. The second kappa shape index (κ2) is 11.0. The van der Waals surface area contributed by atoms with E-state index in [4.69, 9.17) is 33.3 Å². The smallest absolute Gasteiger partial charge is 0.270 e. The Hall–Kier alpha value is -4.21. The monoisotopic (exact) mass is 521 g/mol. The van der Waals surface area contributed by atoms with Gasteiger partial charge in [-0.3, -0.25) is 24.6 Å². The largest absolute Gasteiger partial charge is 0.497 e. The molecule has 182 valence electrons. The van der Waals surface area contributed by atoms with Gasteiger partial charge >= 0.3 is 0 Å². The summed E-state index contributed by atoms with van der Waals surface area (Å²) in [5.74, 6) is -0.417. The molecule has 0 bridgehead atoms. The molecule has 0 radical (unpaired) electrons. The lowest BCUT2D eigenvalue weighted by Crippen LogP contribution is -2.54. The quantitative estimate of drug-likeness (QED) is 0.275. The molecule has 36 heavy (non-hydrogen) atoms. The second-order valence-corrected chi connectivity index (χ2v) is 8.40. The lowest BCUT2D eigenvalue weighted by Gasteiger charge is -2.29. The Morgan fingerprint density at radius 1 is 1.06 bits per heavy atom. The van der Waals surface area contributed by atoms with Crippen LogP contribution in [0.3, 0.4) is 0 Å². The first-order valence-corrected chi connectivity index (χ1v) is 11.5. The number of carbonyl (C=O) groups excluding carboxylic acids is 3. The summed E-state index contributed by atoms with van der Waals surface area (Å²) in [5, 5.41) is 5.74. The molecule has 1 aliphatic rings. The van der Waals surface area contributed by atoms with E-state index < -0.39 is 11.8 Å². The molecule has 4 rings (SSSR count). The molecule has 1 fully saturated rings. The van der Waals surface area contributed by atoms with E-state index in [1.54, 1.807) is 79.9 Å². The minimum absolute atomic E-state index is 0.00730. The van der Waals surface area contributed by atoms with Crippen LogP contribution in [0.4, 0.5) is 11.4 Å². The third-order valence-corrected chi connectivity index (χ3v) is 5.62. The third-order valence-electron chi connectivity index (χ3n) is 5.10. The van der Waals surface area contributed by atoms with Crippen LogP contribution in [0, 0.1) is 0 Å². The zero-order valence-corrected chi connectivity index (χ0v) is 20.6. The van der Waals surface area contributed by atoms with Gasteiger partial charge in [-0.1, -0.05) is 29.8 Å². The van der Waals surface area contributed by atoms with Crippen LogP contribution >= 0.6 is 23.8 Å². The maximum atomic E-state index is 13.1. The van der Waals surface area contributed by atoms with E-state index in [0.29, 0.717) is 33.5 Å². The van der Waals surface area contributed by atoms with Gasteiger partial charge in [0.2, 0.25) is 0 Å². The molecule has 1 heterocycles. The van der Waals surface area contributed by atoms with Crippen LogP contribution in [0.1, 0.15) is 5.56 Å². The number of halogens is 1. The van der Waals surface area contributed by atoms with Gasteiger partial charge in [-0.15, -0.1) is 0 Å². The first-order valence-electron chi connectivity index (χ1n) is 10.7. The molecule has 0 unspecified atom stereocenters. The molecule has 0 spiro atoms. The van der Waals surface area contributed by atoms with Crippen LogP contribution in [0.5, 0.6) is 11.5 Å². The number of rotatable bonds is 7. The van der Waals surface area contributed by atoms with E-state index in [2.05, 4.69) is 10.6 Å². The lowest BCUT2D eigenvalue weighted by atomic mass is 10.1. The van der Waals surface area contributed by atoms with Gasteiger partial charge < -0.3 is 14.8 Å². The van der Waals surface area contributed by atoms with Gasteiger partial charge in [0, 0.05) is 10.7 Å². The van der Waals surface area contributed by atoms with Crippen LogP contribution < -0.4 is 25.0 Å². The van der Waals surface area contributed by atoms with E-state index in [1.807, 2.05) is 0 Å². The Bertz CT molecular complexity index is 1360. The van der Waals surface area contributed by atoms with Crippen molar-refractivity contribution in [3.05, 3.63) is 89.0 Å². The van der Waals surface area contributed by atoms with Gasteiger partial charge in [0.1, 0.15) is 17.1 Å². The predicted molar refractivity (Wildman–Crippen MR) is 141 cm³/mol. The van der Waals surface area contributed by atoms with Crippen LogP contribution in [0.2, 0.25) is 5.02 Å². The van der Waals surface area contributed by atoms with E-state index in [9.17, 15) is 14.4 Å². The summed E-state index contributed by atoms with van der Waals surface area (Å²) in [5.41, 5.74) is 1.58. The minimum Gasteiger partial charge on any atom is -0.497 e. The van der Waals surface area contributed by atoms with Crippen LogP contribution in [0.15, 0.2) is 78.4 Å². The second-order valence-electron chi connectivity index (χ2n) is 7.57. The number of carbonyl (C=O) groups is 3. The Labute approximate surface area is 217 Å². The number of nitrogens with one attached hydrogen (secondary N) is 2. The highest BCUT2D eigenvalue weighted by atomic mass is 35.5. The fourth-order valence-corrected chi connectivity index (χ4v) is 3.83. The number of nitrogens with zero attached hydrogens (tertiary/aromatic N) is 1. The number of hydrogen-bond acceptors (Lipinski definition) is 6. The normalized spacial score (nSPS) is 14.4. The maximum absolute atomic E-state index is 13.1. The standard InChI is InChI=1S/C26H20ClN3O5S/c1-34-20-11-7-19(8-12-20)30-25(33)22(24(32)29-26(30)36)13-16-5-9-21(10-6-16)35-15-23(31)28-18-4-2-3-17(27)14-18/h2-14H,15H2,1H3,(H,28,31)(H,29,32,36)/b22-13-. The van der Waals surface area contributed by atoms with E-state index in [0.717, 1.165) is 0 Å². The van der Waals surface area contributed by atoms with Crippen molar-refractivity contribution in [2.45, 2.75) is 0 Å². The molecular formula is C26H20ClN3O5S. The molecule has 0 aromatic heterocycles. The summed E-state index contributed by atoms with van der Waals surface area (Å²) in [6.45, 7) is -0.206. The first kappa shape index (κ1) is 24.9. The minimum atomic E-state index is -0.590. The molecule has 3 aromatic carbocycles. The van der Waals surface area contributed by atoms with Crippen molar-refractivity contribution in [3.63, 3.8) is 0 Å². The number of benzene rings is 3. The van der Waals surface area contributed by atoms with Crippen LogP contribution in [0.25, 0.3) is 6.08 Å². The number of methoxy groups -OCH3 is 1. The van der Waals surface area contributed by atoms with Crippen LogP contribution in [-0.2, 0) is 14.4 Å². The Morgan fingerprint density at radius 3 is 2.42 bits per heavy atom.